The van der Waals surface area contributed by atoms with Gasteiger partial charge in [0.25, 0.3) is 0 Å². The van der Waals surface area contributed by atoms with Crippen molar-refractivity contribution in [1.82, 2.24) is 4.90 Å². The average Bonchev–Trinajstić information content (AvgIpc) is 2.69. The Morgan fingerprint density at radius 2 is 2.06 bits per heavy atom. The van der Waals surface area contributed by atoms with Crippen LogP contribution in [0.4, 0.5) is 0 Å². The Bertz CT molecular complexity index is 275. The molecule has 0 aromatic heterocycles. The van der Waals surface area contributed by atoms with Crippen LogP contribution in [0.5, 0.6) is 0 Å². The highest BCUT2D eigenvalue weighted by molar-refractivity contribution is 5.76. The first kappa shape index (κ1) is 12.8. The van der Waals surface area contributed by atoms with Crippen molar-refractivity contribution in [3.8, 4) is 0 Å². The number of rotatable bonds is 3. The van der Waals surface area contributed by atoms with Crippen LogP contribution in [-0.4, -0.2) is 42.2 Å². The number of amides is 1. The standard InChI is InChI=1S/C13H24N2O2/c14-7-4-12(17)15-8-11(9-16)13(10-15)5-2-1-3-6-13/h11,16H,1-10,14H2/t11-/m0/s1. The van der Waals surface area contributed by atoms with Crippen molar-refractivity contribution in [2.24, 2.45) is 17.1 Å². The minimum Gasteiger partial charge on any atom is -0.396 e. The predicted molar refractivity (Wildman–Crippen MR) is 66.3 cm³/mol. The highest BCUT2D eigenvalue weighted by Crippen LogP contribution is 2.47. The largest absolute Gasteiger partial charge is 0.396 e. The fourth-order valence-electron chi connectivity index (χ4n) is 3.58. The number of hydrogen-bond acceptors (Lipinski definition) is 3. The Hall–Kier alpha value is -0.610. The zero-order valence-corrected chi connectivity index (χ0v) is 10.5. The molecular formula is C13H24N2O2. The van der Waals surface area contributed by atoms with Crippen LogP contribution in [0.3, 0.4) is 0 Å². The normalized spacial score (nSPS) is 27.6. The molecule has 1 saturated carbocycles. The van der Waals surface area contributed by atoms with Crippen LogP contribution in [0.25, 0.3) is 0 Å². The Morgan fingerprint density at radius 3 is 2.65 bits per heavy atom. The van der Waals surface area contributed by atoms with Crippen molar-refractivity contribution in [2.75, 3.05) is 26.2 Å². The van der Waals surface area contributed by atoms with Gasteiger partial charge in [-0.1, -0.05) is 19.3 Å². The van der Waals surface area contributed by atoms with E-state index in [2.05, 4.69) is 0 Å². The number of aliphatic hydroxyl groups is 1. The minimum absolute atomic E-state index is 0.161. The zero-order valence-electron chi connectivity index (χ0n) is 10.5. The molecule has 0 aromatic carbocycles. The highest BCUT2D eigenvalue weighted by atomic mass is 16.3. The van der Waals surface area contributed by atoms with Gasteiger partial charge in [-0.15, -0.1) is 0 Å². The van der Waals surface area contributed by atoms with E-state index in [0.29, 0.717) is 13.0 Å². The van der Waals surface area contributed by atoms with Gasteiger partial charge in [0.1, 0.15) is 0 Å². The Morgan fingerprint density at radius 1 is 1.35 bits per heavy atom. The van der Waals surface area contributed by atoms with E-state index in [-0.39, 0.29) is 23.8 Å². The van der Waals surface area contributed by atoms with Gasteiger partial charge < -0.3 is 15.7 Å². The molecule has 2 rings (SSSR count). The molecule has 17 heavy (non-hydrogen) atoms. The van der Waals surface area contributed by atoms with Crippen molar-refractivity contribution in [3.05, 3.63) is 0 Å². The Balaban J connectivity index is 2.04. The molecule has 98 valence electrons. The van der Waals surface area contributed by atoms with Crippen molar-refractivity contribution in [2.45, 2.75) is 38.5 Å². The van der Waals surface area contributed by atoms with Gasteiger partial charge in [-0.2, -0.15) is 0 Å². The minimum atomic E-state index is 0.161. The first-order chi connectivity index (χ1) is 8.22. The van der Waals surface area contributed by atoms with Gasteiger partial charge in [0, 0.05) is 38.6 Å². The van der Waals surface area contributed by atoms with E-state index in [4.69, 9.17) is 5.73 Å². The zero-order chi connectivity index (χ0) is 12.3. The summed E-state index contributed by atoms with van der Waals surface area (Å²) in [6.07, 6.45) is 6.57. The van der Waals surface area contributed by atoms with Gasteiger partial charge in [0.05, 0.1) is 0 Å². The highest BCUT2D eigenvalue weighted by Gasteiger charge is 2.47. The first-order valence-corrected chi connectivity index (χ1v) is 6.80. The van der Waals surface area contributed by atoms with Gasteiger partial charge in [0.15, 0.2) is 0 Å². The molecule has 4 nitrogen and oxygen atoms in total. The molecule has 1 aliphatic heterocycles. The lowest BCUT2D eigenvalue weighted by Crippen LogP contribution is -2.35. The molecular weight excluding hydrogens is 216 g/mol. The topological polar surface area (TPSA) is 66.6 Å². The van der Waals surface area contributed by atoms with E-state index in [1.807, 2.05) is 4.90 Å². The second-order valence-corrected chi connectivity index (χ2v) is 5.62. The third-order valence-corrected chi connectivity index (χ3v) is 4.59. The number of likely N-dealkylation sites (tertiary alicyclic amines) is 1. The molecule has 0 radical (unpaired) electrons. The summed E-state index contributed by atoms with van der Waals surface area (Å²) in [5.74, 6) is 0.443. The van der Waals surface area contributed by atoms with Gasteiger partial charge in [-0.05, 0) is 18.3 Å². The third-order valence-electron chi connectivity index (χ3n) is 4.59. The first-order valence-electron chi connectivity index (χ1n) is 6.80. The Kier molecular flexibility index (Phi) is 4.05. The summed E-state index contributed by atoms with van der Waals surface area (Å²) in [6, 6.07) is 0. The second-order valence-electron chi connectivity index (χ2n) is 5.62. The van der Waals surface area contributed by atoms with Gasteiger partial charge >= 0.3 is 0 Å². The molecule has 2 aliphatic rings. The Labute approximate surface area is 103 Å². The summed E-state index contributed by atoms with van der Waals surface area (Å²) in [5, 5.41) is 9.55. The lowest BCUT2D eigenvalue weighted by atomic mass is 9.68. The molecule has 0 aromatic rings. The lowest BCUT2D eigenvalue weighted by molar-refractivity contribution is -0.130. The summed E-state index contributed by atoms with van der Waals surface area (Å²) in [4.78, 5) is 13.8. The second kappa shape index (κ2) is 5.36. The van der Waals surface area contributed by atoms with Gasteiger partial charge in [-0.3, -0.25) is 4.79 Å². The molecule has 0 bridgehead atoms. The molecule has 4 heteroatoms. The van der Waals surface area contributed by atoms with Crippen molar-refractivity contribution in [1.29, 1.82) is 0 Å². The maximum absolute atomic E-state index is 11.9. The summed E-state index contributed by atoms with van der Waals surface area (Å²) in [6.45, 7) is 2.21. The molecule has 3 N–H and O–H groups in total. The molecule has 0 unspecified atom stereocenters. The molecule has 1 spiro atoms. The van der Waals surface area contributed by atoms with Crippen LogP contribution in [0.2, 0.25) is 0 Å². The van der Waals surface area contributed by atoms with Crippen molar-refractivity contribution < 1.29 is 9.90 Å². The summed E-state index contributed by atoms with van der Waals surface area (Å²) in [5.41, 5.74) is 5.64. The number of nitrogens with two attached hydrogens (primary N) is 1. The smallest absolute Gasteiger partial charge is 0.223 e. The lowest BCUT2D eigenvalue weighted by Gasteiger charge is -2.37. The van der Waals surface area contributed by atoms with E-state index in [0.717, 1.165) is 13.1 Å². The SMILES string of the molecule is NCCC(=O)N1C[C@@H](CO)C2(CCCCC2)C1. The molecule has 1 atom stereocenters. The van der Waals surface area contributed by atoms with E-state index in [9.17, 15) is 9.90 Å². The van der Waals surface area contributed by atoms with Crippen LogP contribution in [0.1, 0.15) is 38.5 Å². The van der Waals surface area contributed by atoms with E-state index < -0.39 is 0 Å². The summed E-state index contributed by atoms with van der Waals surface area (Å²) in [7, 11) is 0. The van der Waals surface area contributed by atoms with Crippen molar-refractivity contribution in [3.63, 3.8) is 0 Å². The number of carbonyl (C=O) groups is 1. The molecule has 1 aliphatic carbocycles. The number of carbonyl (C=O) groups excluding carboxylic acids is 1. The quantitative estimate of drug-likeness (QED) is 0.764. The molecule has 2 fully saturated rings. The molecule has 1 heterocycles. The van der Waals surface area contributed by atoms with Crippen LogP contribution < -0.4 is 5.73 Å². The van der Waals surface area contributed by atoms with Gasteiger partial charge in [0.2, 0.25) is 5.91 Å². The van der Waals surface area contributed by atoms with Crippen LogP contribution in [-0.2, 0) is 4.79 Å². The maximum atomic E-state index is 11.9. The fourth-order valence-corrected chi connectivity index (χ4v) is 3.58. The predicted octanol–water partition coefficient (Wildman–Crippen LogP) is 0.736. The number of nitrogens with zero attached hydrogens (tertiary/aromatic N) is 1. The van der Waals surface area contributed by atoms with E-state index >= 15 is 0 Å². The van der Waals surface area contributed by atoms with Gasteiger partial charge in [-0.25, -0.2) is 0 Å². The average molecular weight is 240 g/mol. The summed E-state index contributed by atoms with van der Waals surface area (Å²) < 4.78 is 0. The number of aliphatic hydroxyl groups excluding tert-OH is 1. The summed E-state index contributed by atoms with van der Waals surface area (Å²) >= 11 is 0. The monoisotopic (exact) mass is 240 g/mol. The molecule has 1 amide bonds. The fraction of sp³-hybridized carbons (Fsp3) is 0.923. The maximum Gasteiger partial charge on any atom is 0.223 e. The van der Waals surface area contributed by atoms with Crippen LogP contribution in [0, 0.1) is 11.3 Å². The van der Waals surface area contributed by atoms with Crippen molar-refractivity contribution >= 4 is 5.91 Å². The molecule has 1 saturated heterocycles. The van der Waals surface area contributed by atoms with Crippen LogP contribution >= 0.6 is 0 Å². The third kappa shape index (κ3) is 2.47. The van der Waals surface area contributed by atoms with E-state index in [1.54, 1.807) is 0 Å². The van der Waals surface area contributed by atoms with Crippen LogP contribution in [0.15, 0.2) is 0 Å². The number of hydrogen-bond donors (Lipinski definition) is 2. The van der Waals surface area contributed by atoms with E-state index in [1.165, 1.54) is 32.1 Å².